The standard InChI is InChI=1S/C19H18N4O2S/c20-10-15-11-23(18(24)17(25-15)14-4-2-1-3-5-14)19-22-16(12-26-19)13-6-8-21-9-7-13/h1-9,12,15,17H,10-11,20H2. The highest BCUT2D eigenvalue weighted by atomic mass is 32.1. The van der Waals surface area contributed by atoms with E-state index in [0.29, 0.717) is 18.2 Å². The molecule has 132 valence electrons. The number of rotatable bonds is 4. The van der Waals surface area contributed by atoms with Crippen LogP contribution in [0.2, 0.25) is 0 Å². The Morgan fingerprint density at radius 1 is 1.19 bits per heavy atom. The summed E-state index contributed by atoms with van der Waals surface area (Å²) in [4.78, 5) is 23.4. The average Bonchev–Trinajstić information content (AvgIpc) is 3.19. The maximum atomic E-state index is 13.1. The Balaban J connectivity index is 1.65. The number of aromatic nitrogens is 2. The minimum absolute atomic E-state index is 0.114. The second-order valence-electron chi connectivity index (χ2n) is 5.98. The second-order valence-corrected chi connectivity index (χ2v) is 6.82. The number of benzene rings is 1. The number of pyridine rings is 1. The summed E-state index contributed by atoms with van der Waals surface area (Å²) in [5.41, 5.74) is 8.46. The molecule has 1 fully saturated rings. The van der Waals surface area contributed by atoms with Crippen molar-refractivity contribution in [3.8, 4) is 11.3 Å². The highest BCUT2D eigenvalue weighted by molar-refractivity contribution is 7.14. The fraction of sp³-hybridized carbons (Fsp3) is 0.211. The summed E-state index contributed by atoms with van der Waals surface area (Å²) in [5, 5.41) is 2.60. The Morgan fingerprint density at radius 2 is 1.96 bits per heavy atom. The third-order valence-electron chi connectivity index (χ3n) is 4.27. The topological polar surface area (TPSA) is 81.3 Å². The van der Waals surface area contributed by atoms with Gasteiger partial charge < -0.3 is 10.5 Å². The number of thiazole rings is 1. The summed E-state index contributed by atoms with van der Waals surface area (Å²) < 4.78 is 5.93. The van der Waals surface area contributed by atoms with Gasteiger partial charge in [0.15, 0.2) is 11.2 Å². The number of hydrogen-bond acceptors (Lipinski definition) is 6. The molecule has 7 heteroatoms. The zero-order valence-corrected chi connectivity index (χ0v) is 14.8. The molecular weight excluding hydrogens is 348 g/mol. The molecule has 1 amide bonds. The predicted octanol–water partition coefficient (Wildman–Crippen LogP) is 2.64. The van der Waals surface area contributed by atoms with Crippen LogP contribution < -0.4 is 10.6 Å². The quantitative estimate of drug-likeness (QED) is 0.768. The van der Waals surface area contributed by atoms with E-state index in [2.05, 4.69) is 9.97 Å². The lowest BCUT2D eigenvalue weighted by Gasteiger charge is -2.36. The van der Waals surface area contributed by atoms with E-state index in [-0.39, 0.29) is 12.0 Å². The Morgan fingerprint density at radius 3 is 2.69 bits per heavy atom. The minimum Gasteiger partial charge on any atom is -0.357 e. The van der Waals surface area contributed by atoms with E-state index in [1.54, 1.807) is 17.3 Å². The van der Waals surface area contributed by atoms with E-state index in [9.17, 15) is 4.79 Å². The molecule has 1 aromatic carbocycles. The van der Waals surface area contributed by atoms with Crippen molar-refractivity contribution >= 4 is 22.4 Å². The molecule has 0 bridgehead atoms. The molecule has 1 saturated heterocycles. The third-order valence-corrected chi connectivity index (χ3v) is 5.13. The van der Waals surface area contributed by atoms with Crippen molar-refractivity contribution < 1.29 is 9.53 Å². The fourth-order valence-corrected chi connectivity index (χ4v) is 3.77. The van der Waals surface area contributed by atoms with Crippen LogP contribution in [0.25, 0.3) is 11.3 Å². The largest absolute Gasteiger partial charge is 0.357 e. The first-order chi connectivity index (χ1) is 12.8. The third kappa shape index (κ3) is 3.24. The summed E-state index contributed by atoms with van der Waals surface area (Å²) in [6.45, 7) is 0.748. The molecule has 0 saturated carbocycles. The number of ether oxygens (including phenoxy) is 1. The molecule has 26 heavy (non-hydrogen) atoms. The van der Waals surface area contributed by atoms with E-state index in [4.69, 9.17) is 10.5 Å². The zero-order chi connectivity index (χ0) is 17.9. The van der Waals surface area contributed by atoms with Gasteiger partial charge in [0, 0.05) is 29.9 Å². The SMILES string of the molecule is NCC1CN(c2nc(-c3ccncc3)cs2)C(=O)C(c2ccccc2)O1. The van der Waals surface area contributed by atoms with E-state index >= 15 is 0 Å². The van der Waals surface area contributed by atoms with Gasteiger partial charge in [0.2, 0.25) is 0 Å². The van der Waals surface area contributed by atoms with Crippen LogP contribution in [0.3, 0.4) is 0 Å². The van der Waals surface area contributed by atoms with Crippen molar-refractivity contribution in [1.82, 2.24) is 9.97 Å². The van der Waals surface area contributed by atoms with E-state index in [0.717, 1.165) is 16.8 Å². The Bertz CT molecular complexity index is 885. The van der Waals surface area contributed by atoms with Crippen LogP contribution in [0.15, 0.2) is 60.2 Å². The predicted molar refractivity (Wildman–Crippen MR) is 101 cm³/mol. The molecule has 0 radical (unpaired) electrons. The molecule has 2 unspecified atom stereocenters. The average molecular weight is 366 g/mol. The van der Waals surface area contributed by atoms with Gasteiger partial charge in [0.25, 0.3) is 5.91 Å². The lowest BCUT2D eigenvalue weighted by molar-refractivity contribution is -0.140. The van der Waals surface area contributed by atoms with Gasteiger partial charge in [0.1, 0.15) is 0 Å². The van der Waals surface area contributed by atoms with Crippen LogP contribution in [0.4, 0.5) is 5.13 Å². The first-order valence-electron chi connectivity index (χ1n) is 8.34. The van der Waals surface area contributed by atoms with Gasteiger partial charge >= 0.3 is 0 Å². The number of nitrogens with two attached hydrogens (primary N) is 1. The van der Waals surface area contributed by atoms with E-state index < -0.39 is 6.10 Å². The molecule has 1 aliphatic rings. The van der Waals surface area contributed by atoms with Crippen LogP contribution in [-0.2, 0) is 9.53 Å². The molecule has 0 spiro atoms. The van der Waals surface area contributed by atoms with Crippen molar-refractivity contribution in [3.05, 3.63) is 65.8 Å². The van der Waals surface area contributed by atoms with Crippen LogP contribution in [0, 0.1) is 0 Å². The normalized spacial score (nSPS) is 20.3. The minimum atomic E-state index is -0.660. The summed E-state index contributed by atoms with van der Waals surface area (Å²) in [7, 11) is 0. The molecule has 2 N–H and O–H groups in total. The first-order valence-corrected chi connectivity index (χ1v) is 9.22. The first kappa shape index (κ1) is 16.8. The summed E-state index contributed by atoms with van der Waals surface area (Å²) in [5.74, 6) is -0.114. The lowest BCUT2D eigenvalue weighted by atomic mass is 10.1. The lowest BCUT2D eigenvalue weighted by Crippen LogP contribution is -2.50. The molecule has 6 nitrogen and oxygen atoms in total. The van der Waals surface area contributed by atoms with E-state index in [1.165, 1.54) is 11.3 Å². The number of anilines is 1. The van der Waals surface area contributed by atoms with Crippen molar-refractivity contribution in [2.75, 3.05) is 18.0 Å². The van der Waals surface area contributed by atoms with Crippen LogP contribution in [-0.4, -0.2) is 35.1 Å². The maximum absolute atomic E-state index is 13.1. The maximum Gasteiger partial charge on any atom is 0.262 e. The molecule has 2 atom stereocenters. The number of morpholine rings is 1. The van der Waals surface area contributed by atoms with Crippen molar-refractivity contribution in [1.29, 1.82) is 0 Å². The highest BCUT2D eigenvalue weighted by Gasteiger charge is 2.37. The smallest absolute Gasteiger partial charge is 0.262 e. The number of hydrogen-bond donors (Lipinski definition) is 1. The molecule has 0 aliphatic carbocycles. The van der Waals surface area contributed by atoms with Gasteiger partial charge in [-0.3, -0.25) is 14.7 Å². The monoisotopic (exact) mass is 366 g/mol. The molecule has 3 heterocycles. The van der Waals surface area contributed by atoms with Gasteiger partial charge in [-0.2, -0.15) is 0 Å². The van der Waals surface area contributed by atoms with Gasteiger partial charge in [-0.1, -0.05) is 30.3 Å². The Labute approximate surface area is 155 Å². The molecular formula is C19H18N4O2S. The number of carbonyl (C=O) groups is 1. The second kappa shape index (κ2) is 7.33. The number of amides is 1. The van der Waals surface area contributed by atoms with Gasteiger partial charge in [-0.15, -0.1) is 11.3 Å². The highest BCUT2D eigenvalue weighted by Crippen LogP contribution is 2.33. The molecule has 4 rings (SSSR count). The summed E-state index contributed by atoms with van der Waals surface area (Å²) >= 11 is 1.44. The van der Waals surface area contributed by atoms with Crippen LogP contribution in [0.5, 0.6) is 0 Å². The Hall–Kier alpha value is -2.61. The fourth-order valence-electron chi connectivity index (χ4n) is 2.92. The van der Waals surface area contributed by atoms with Crippen LogP contribution in [0.1, 0.15) is 11.7 Å². The van der Waals surface area contributed by atoms with Gasteiger partial charge in [-0.05, 0) is 17.7 Å². The zero-order valence-electron chi connectivity index (χ0n) is 14.0. The van der Waals surface area contributed by atoms with E-state index in [1.807, 2.05) is 47.8 Å². The molecule has 1 aliphatic heterocycles. The summed E-state index contributed by atoms with van der Waals surface area (Å²) in [6.07, 6.45) is 2.56. The van der Waals surface area contributed by atoms with Gasteiger partial charge in [0.05, 0.1) is 18.3 Å². The number of nitrogens with zero attached hydrogens (tertiary/aromatic N) is 3. The van der Waals surface area contributed by atoms with Crippen molar-refractivity contribution in [2.45, 2.75) is 12.2 Å². The Kier molecular flexibility index (Phi) is 4.75. The van der Waals surface area contributed by atoms with Crippen LogP contribution >= 0.6 is 11.3 Å². The van der Waals surface area contributed by atoms with Crippen molar-refractivity contribution in [3.63, 3.8) is 0 Å². The number of carbonyl (C=O) groups excluding carboxylic acids is 1. The van der Waals surface area contributed by atoms with Gasteiger partial charge in [-0.25, -0.2) is 4.98 Å². The summed E-state index contributed by atoms with van der Waals surface area (Å²) in [6, 6.07) is 13.3. The molecule has 3 aromatic rings. The van der Waals surface area contributed by atoms with Crippen molar-refractivity contribution in [2.24, 2.45) is 5.73 Å². The molecule has 2 aromatic heterocycles.